The zero-order chi connectivity index (χ0) is 10.3. The van der Waals surface area contributed by atoms with Crippen LogP contribution in [-0.2, 0) is 0 Å². The van der Waals surface area contributed by atoms with E-state index in [1.807, 2.05) is 19.2 Å². The van der Waals surface area contributed by atoms with Gasteiger partial charge in [-0.15, -0.1) is 0 Å². The summed E-state index contributed by atoms with van der Waals surface area (Å²) >= 11 is 6.51. The number of halogens is 2. The summed E-state index contributed by atoms with van der Waals surface area (Å²) in [6, 6.07) is 3.93. The number of rotatable bonds is 1. The predicted octanol–water partition coefficient (Wildman–Crippen LogP) is 4.08. The van der Waals surface area contributed by atoms with E-state index in [0.29, 0.717) is 4.90 Å². The number of thioether (sulfide) groups is 1. The summed E-state index contributed by atoms with van der Waals surface area (Å²) in [5, 5.41) is 10.4. The molecule has 0 saturated carbocycles. The van der Waals surface area contributed by atoms with Gasteiger partial charge in [0, 0.05) is 4.90 Å². The van der Waals surface area contributed by atoms with Crippen molar-refractivity contribution in [3.05, 3.63) is 29.0 Å². The Hall–Kier alpha value is -0.720. The lowest BCUT2D eigenvalue weighted by atomic mass is 10.3. The van der Waals surface area contributed by atoms with Crippen LogP contribution in [0.3, 0.4) is 0 Å². The third-order valence-electron chi connectivity index (χ3n) is 1.05. The number of nitrogens with zero attached hydrogens (tertiary/aromatic N) is 1. The van der Waals surface area contributed by atoms with E-state index in [0.717, 1.165) is 11.8 Å². The average molecular weight is 218 g/mol. The maximum absolute atomic E-state index is 12.4. The molecule has 0 saturated heterocycles. The smallest absolute Gasteiger partial charge is 0.138 e. The normalized spacial score (nSPS) is 8.23. The largest absolute Gasteiger partial charge is 0.207 e. The van der Waals surface area contributed by atoms with E-state index in [-0.39, 0.29) is 5.02 Å². The van der Waals surface area contributed by atoms with Crippen molar-refractivity contribution in [2.45, 2.75) is 18.7 Å². The van der Waals surface area contributed by atoms with E-state index < -0.39 is 5.82 Å². The van der Waals surface area contributed by atoms with Gasteiger partial charge in [-0.2, -0.15) is 5.26 Å². The van der Waals surface area contributed by atoms with Crippen molar-refractivity contribution in [1.82, 2.24) is 0 Å². The summed E-state index contributed by atoms with van der Waals surface area (Å²) in [6.45, 7) is 4.00. The molecule has 1 rings (SSSR count). The van der Waals surface area contributed by atoms with Gasteiger partial charge in [0.25, 0.3) is 0 Å². The highest BCUT2D eigenvalue weighted by Gasteiger charge is 2.00. The highest BCUT2D eigenvalue weighted by molar-refractivity contribution is 8.03. The molecular weight excluding hydrogens is 209 g/mol. The lowest BCUT2D eigenvalue weighted by molar-refractivity contribution is 0.626. The van der Waals surface area contributed by atoms with Gasteiger partial charge in [-0.3, -0.25) is 0 Å². The Morgan fingerprint density at radius 2 is 2.08 bits per heavy atom. The zero-order valence-electron chi connectivity index (χ0n) is 7.34. The van der Waals surface area contributed by atoms with Crippen LogP contribution in [0.4, 0.5) is 4.39 Å². The topological polar surface area (TPSA) is 23.8 Å². The van der Waals surface area contributed by atoms with E-state index in [1.54, 1.807) is 0 Å². The maximum atomic E-state index is 12.4. The molecule has 0 aliphatic heterocycles. The van der Waals surface area contributed by atoms with Gasteiger partial charge in [-0.1, -0.05) is 25.4 Å². The first-order valence-corrected chi connectivity index (χ1v) is 4.94. The molecule has 0 heterocycles. The number of thiocyanates is 1. The van der Waals surface area contributed by atoms with Crippen LogP contribution in [0.1, 0.15) is 13.8 Å². The molecule has 0 aromatic heterocycles. The Labute approximate surface area is 86.5 Å². The molecule has 1 aromatic rings. The number of hydrogen-bond acceptors (Lipinski definition) is 2. The Bertz CT molecular complexity index is 309. The molecule has 0 atom stereocenters. The van der Waals surface area contributed by atoms with Crippen molar-refractivity contribution in [2.75, 3.05) is 0 Å². The molecule has 0 spiro atoms. The molecule has 0 radical (unpaired) electrons. The summed E-state index contributed by atoms with van der Waals surface area (Å²) in [4.78, 5) is 0.579. The van der Waals surface area contributed by atoms with Gasteiger partial charge in [-0.25, -0.2) is 4.39 Å². The van der Waals surface area contributed by atoms with Crippen LogP contribution in [0.25, 0.3) is 0 Å². The van der Waals surface area contributed by atoms with Crippen molar-refractivity contribution in [3.8, 4) is 5.40 Å². The molecule has 0 aliphatic carbocycles. The molecule has 70 valence electrons. The molecule has 0 unspecified atom stereocenters. The minimum Gasteiger partial charge on any atom is -0.207 e. The fourth-order valence-corrected chi connectivity index (χ4v) is 1.28. The second-order valence-corrected chi connectivity index (χ2v) is 3.00. The Balaban J connectivity index is 0.000000671. The average Bonchev–Trinajstić information content (AvgIpc) is 2.14. The summed E-state index contributed by atoms with van der Waals surface area (Å²) in [5.41, 5.74) is 0. The van der Waals surface area contributed by atoms with Gasteiger partial charge >= 0.3 is 0 Å². The molecule has 1 aromatic carbocycles. The molecule has 1 nitrogen and oxygen atoms in total. The molecule has 0 N–H and O–H groups in total. The molecule has 0 amide bonds. The minimum atomic E-state index is -0.391. The van der Waals surface area contributed by atoms with Crippen LogP contribution in [0.5, 0.6) is 0 Å². The number of benzene rings is 1. The molecule has 13 heavy (non-hydrogen) atoms. The van der Waals surface area contributed by atoms with Crippen LogP contribution in [0.2, 0.25) is 5.02 Å². The van der Waals surface area contributed by atoms with Crippen molar-refractivity contribution >= 4 is 23.4 Å². The summed E-state index contributed by atoms with van der Waals surface area (Å²) in [7, 11) is 0. The molecule has 4 heteroatoms. The molecular formula is C9H9ClFNS. The minimum absolute atomic E-state index is 0.275. The van der Waals surface area contributed by atoms with Crippen molar-refractivity contribution < 1.29 is 4.39 Å². The molecule has 0 aliphatic rings. The van der Waals surface area contributed by atoms with Gasteiger partial charge < -0.3 is 0 Å². The Morgan fingerprint density at radius 3 is 2.54 bits per heavy atom. The lowest BCUT2D eigenvalue weighted by Crippen LogP contribution is -1.75. The van der Waals surface area contributed by atoms with Crippen LogP contribution >= 0.6 is 23.4 Å². The zero-order valence-corrected chi connectivity index (χ0v) is 8.92. The van der Waals surface area contributed by atoms with E-state index in [2.05, 4.69) is 0 Å². The van der Waals surface area contributed by atoms with Crippen LogP contribution < -0.4 is 0 Å². The number of nitriles is 1. The van der Waals surface area contributed by atoms with Crippen molar-refractivity contribution in [1.29, 1.82) is 5.26 Å². The first kappa shape index (κ1) is 12.3. The van der Waals surface area contributed by atoms with E-state index >= 15 is 0 Å². The second-order valence-electron chi connectivity index (χ2n) is 1.77. The first-order chi connectivity index (χ1) is 6.24. The second kappa shape index (κ2) is 6.76. The predicted molar refractivity (Wildman–Crippen MR) is 54.2 cm³/mol. The first-order valence-electron chi connectivity index (χ1n) is 3.75. The van der Waals surface area contributed by atoms with E-state index in [9.17, 15) is 4.39 Å². The van der Waals surface area contributed by atoms with Crippen LogP contribution in [0, 0.1) is 16.5 Å². The Kier molecular flexibility index (Phi) is 6.38. The maximum Gasteiger partial charge on any atom is 0.138 e. The molecule has 0 bridgehead atoms. The van der Waals surface area contributed by atoms with Gasteiger partial charge in [0.15, 0.2) is 0 Å². The highest BCUT2D eigenvalue weighted by Crippen LogP contribution is 2.26. The third kappa shape index (κ3) is 4.16. The monoisotopic (exact) mass is 217 g/mol. The lowest BCUT2D eigenvalue weighted by Gasteiger charge is -1.95. The third-order valence-corrected chi connectivity index (χ3v) is 2.14. The van der Waals surface area contributed by atoms with E-state index in [1.165, 1.54) is 18.2 Å². The SMILES string of the molecule is CC.N#CSc1ccc(F)cc1Cl. The summed E-state index contributed by atoms with van der Waals surface area (Å²) < 4.78 is 12.4. The summed E-state index contributed by atoms with van der Waals surface area (Å²) in [5.74, 6) is -0.391. The highest BCUT2D eigenvalue weighted by atomic mass is 35.5. The number of hydrogen-bond donors (Lipinski definition) is 0. The quantitative estimate of drug-likeness (QED) is 0.523. The molecule has 0 fully saturated rings. The van der Waals surface area contributed by atoms with E-state index in [4.69, 9.17) is 16.9 Å². The van der Waals surface area contributed by atoms with Crippen molar-refractivity contribution in [2.24, 2.45) is 0 Å². The fourth-order valence-electron chi connectivity index (χ4n) is 0.607. The van der Waals surface area contributed by atoms with Gasteiger partial charge in [0.1, 0.15) is 11.2 Å². The summed E-state index contributed by atoms with van der Waals surface area (Å²) in [6.07, 6.45) is 0. The van der Waals surface area contributed by atoms with Crippen LogP contribution in [-0.4, -0.2) is 0 Å². The van der Waals surface area contributed by atoms with Crippen LogP contribution in [0.15, 0.2) is 23.1 Å². The van der Waals surface area contributed by atoms with Gasteiger partial charge in [-0.05, 0) is 30.0 Å². The van der Waals surface area contributed by atoms with Gasteiger partial charge in [0.05, 0.1) is 5.02 Å². The van der Waals surface area contributed by atoms with Gasteiger partial charge in [0.2, 0.25) is 0 Å². The fraction of sp³-hybridized carbons (Fsp3) is 0.222. The Morgan fingerprint density at radius 1 is 1.46 bits per heavy atom. The van der Waals surface area contributed by atoms with Crippen molar-refractivity contribution in [3.63, 3.8) is 0 Å². The standard InChI is InChI=1S/C7H3ClFNS.C2H6/c8-6-3-5(9)1-2-7(6)11-4-10;1-2/h1-3H;1-2H3.